The molecule has 0 amide bonds. The molecule has 0 atom stereocenters. The van der Waals surface area contributed by atoms with Gasteiger partial charge in [-0.2, -0.15) is 0 Å². The number of hydrogen-bond acceptors (Lipinski definition) is 2. The summed E-state index contributed by atoms with van der Waals surface area (Å²) in [5, 5.41) is 2.66. The molecule has 2 aromatic carbocycles. The van der Waals surface area contributed by atoms with E-state index in [1.807, 2.05) is 0 Å². The summed E-state index contributed by atoms with van der Waals surface area (Å²) in [5.41, 5.74) is 6.49. The van der Waals surface area contributed by atoms with Crippen molar-refractivity contribution in [1.82, 2.24) is 0 Å². The fourth-order valence-electron chi connectivity index (χ4n) is 1.40. The van der Waals surface area contributed by atoms with Gasteiger partial charge in [-0.05, 0) is 52.9 Å². The zero-order valence-corrected chi connectivity index (χ0v) is 10.8. The SMILES string of the molecule is Nc1cc(I)ccc1Nc1c(F)cccc1F. The molecule has 0 heterocycles. The first-order valence-electron chi connectivity index (χ1n) is 4.84. The van der Waals surface area contributed by atoms with Crippen molar-refractivity contribution in [3.05, 3.63) is 51.6 Å². The summed E-state index contributed by atoms with van der Waals surface area (Å²) in [6.07, 6.45) is 0. The fourth-order valence-corrected chi connectivity index (χ4v) is 1.91. The molecule has 17 heavy (non-hydrogen) atoms. The molecule has 88 valence electrons. The predicted octanol–water partition coefficient (Wildman–Crippen LogP) is 3.90. The second-order valence-corrected chi connectivity index (χ2v) is 4.70. The van der Waals surface area contributed by atoms with E-state index in [1.165, 1.54) is 18.2 Å². The first kappa shape index (κ1) is 12.1. The van der Waals surface area contributed by atoms with E-state index in [2.05, 4.69) is 27.9 Å². The number of nitrogens with one attached hydrogen (secondary N) is 1. The Bertz CT molecular complexity index is 538. The smallest absolute Gasteiger partial charge is 0.149 e. The van der Waals surface area contributed by atoms with Gasteiger partial charge in [-0.15, -0.1) is 0 Å². The Morgan fingerprint density at radius 1 is 1.06 bits per heavy atom. The molecule has 0 fully saturated rings. The third-order valence-corrected chi connectivity index (χ3v) is 2.91. The molecular weight excluding hydrogens is 337 g/mol. The average molecular weight is 346 g/mol. The van der Waals surface area contributed by atoms with Gasteiger partial charge in [0.05, 0.1) is 11.4 Å². The number of halogens is 3. The van der Waals surface area contributed by atoms with Crippen molar-refractivity contribution in [2.75, 3.05) is 11.1 Å². The highest BCUT2D eigenvalue weighted by atomic mass is 127. The third kappa shape index (κ3) is 2.66. The van der Waals surface area contributed by atoms with Gasteiger partial charge >= 0.3 is 0 Å². The molecule has 0 bridgehead atoms. The van der Waals surface area contributed by atoms with Gasteiger partial charge in [-0.3, -0.25) is 0 Å². The molecule has 2 nitrogen and oxygen atoms in total. The van der Waals surface area contributed by atoms with Crippen LogP contribution in [0.1, 0.15) is 0 Å². The minimum absolute atomic E-state index is 0.194. The van der Waals surface area contributed by atoms with E-state index in [1.54, 1.807) is 18.2 Å². The summed E-state index contributed by atoms with van der Waals surface area (Å²) in [6, 6.07) is 8.90. The molecule has 0 saturated carbocycles. The van der Waals surface area contributed by atoms with Crippen molar-refractivity contribution >= 4 is 39.7 Å². The zero-order valence-electron chi connectivity index (χ0n) is 8.68. The maximum absolute atomic E-state index is 13.4. The number of benzene rings is 2. The number of hydrogen-bond donors (Lipinski definition) is 2. The predicted molar refractivity (Wildman–Crippen MR) is 73.2 cm³/mol. The molecular formula is C12H9F2IN2. The Hall–Kier alpha value is -1.37. The largest absolute Gasteiger partial charge is 0.397 e. The van der Waals surface area contributed by atoms with Crippen LogP contribution in [0.4, 0.5) is 25.8 Å². The molecule has 0 aromatic heterocycles. The summed E-state index contributed by atoms with van der Waals surface area (Å²) in [5.74, 6) is -1.30. The van der Waals surface area contributed by atoms with Crippen LogP contribution in [0, 0.1) is 15.2 Å². The van der Waals surface area contributed by atoms with Gasteiger partial charge in [0.15, 0.2) is 0 Å². The highest BCUT2D eigenvalue weighted by molar-refractivity contribution is 14.1. The molecule has 0 aliphatic carbocycles. The van der Waals surface area contributed by atoms with Crippen LogP contribution in [0.3, 0.4) is 0 Å². The summed E-state index contributed by atoms with van der Waals surface area (Å²) < 4.78 is 27.8. The van der Waals surface area contributed by atoms with Crippen molar-refractivity contribution in [3.63, 3.8) is 0 Å². The highest BCUT2D eigenvalue weighted by Crippen LogP contribution is 2.27. The first-order valence-corrected chi connectivity index (χ1v) is 5.92. The second kappa shape index (κ2) is 4.87. The minimum Gasteiger partial charge on any atom is -0.397 e. The molecule has 0 spiro atoms. The number of nitrogen functional groups attached to an aromatic ring is 1. The molecule has 0 saturated heterocycles. The molecule has 2 rings (SSSR count). The van der Waals surface area contributed by atoms with E-state index in [0.717, 1.165) is 3.57 Å². The standard InChI is InChI=1S/C12H9F2IN2/c13-8-2-1-3-9(14)12(8)17-11-5-4-7(15)6-10(11)16/h1-6,17H,16H2. The van der Waals surface area contributed by atoms with Crippen LogP contribution in [0.5, 0.6) is 0 Å². The van der Waals surface area contributed by atoms with Crippen LogP contribution < -0.4 is 11.1 Å². The van der Waals surface area contributed by atoms with E-state index in [0.29, 0.717) is 11.4 Å². The Labute approximate surface area is 111 Å². The zero-order chi connectivity index (χ0) is 12.4. The normalized spacial score (nSPS) is 10.3. The third-order valence-electron chi connectivity index (χ3n) is 2.24. The van der Waals surface area contributed by atoms with Crippen LogP contribution in [0.2, 0.25) is 0 Å². The summed E-state index contributed by atoms with van der Waals surface area (Å²) in [4.78, 5) is 0. The van der Waals surface area contributed by atoms with Crippen LogP contribution in [0.25, 0.3) is 0 Å². The lowest BCUT2D eigenvalue weighted by atomic mass is 10.2. The lowest BCUT2D eigenvalue weighted by Crippen LogP contribution is -2.00. The first-order chi connectivity index (χ1) is 8.08. The van der Waals surface area contributed by atoms with Gasteiger partial charge in [-0.25, -0.2) is 8.78 Å². The monoisotopic (exact) mass is 346 g/mol. The topological polar surface area (TPSA) is 38.0 Å². The summed E-state index contributed by atoms with van der Waals surface area (Å²) >= 11 is 2.11. The number of rotatable bonds is 2. The maximum Gasteiger partial charge on any atom is 0.149 e. The number of nitrogens with two attached hydrogens (primary N) is 1. The van der Waals surface area contributed by atoms with E-state index < -0.39 is 11.6 Å². The molecule has 3 N–H and O–H groups in total. The van der Waals surface area contributed by atoms with Gasteiger partial charge < -0.3 is 11.1 Å². The molecule has 2 aromatic rings. The fraction of sp³-hybridized carbons (Fsp3) is 0. The lowest BCUT2D eigenvalue weighted by Gasteiger charge is -2.11. The summed E-state index contributed by atoms with van der Waals surface area (Å²) in [7, 11) is 0. The number of para-hydroxylation sites is 1. The van der Waals surface area contributed by atoms with Gasteiger partial charge in [0, 0.05) is 3.57 Å². The molecule has 0 radical (unpaired) electrons. The van der Waals surface area contributed by atoms with Crippen molar-refractivity contribution < 1.29 is 8.78 Å². The van der Waals surface area contributed by atoms with E-state index in [-0.39, 0.29) is 5.69 Å². The molecule has 0 aliphatic heterocycles. The second-order valence-electron chi connectivity index (χ2n) is 3.45. The van der Waals surface area contributed by atoms with Crippen LogP contribution in [-0.4, -0.2) is 0 Å². The maximum atomic E-state index is 13.4. The van der Waals surface area contributed by atoms with Gasteiger partial charge in [0.25, 0.3) is 0 Å². The lowest BCUT2D eigenvalue weighted by molar-refractivity contribution is 0.591. The van der Waals surface area contributed by atoms with E-state index in [4.69, 9.17) is 5.73 Å². The van der Waals surface area contributed by atoms with Gasteiger partial charge in [-0.1, -0.05) is 6.07 Å². The van der Waals surface area contributed by atoms with Crippen LogP contribution in [-0.2, 0) is 0 Å². The number of anilines is 3. The van der Waals surface area contributed by atoms with Crippen LogP contribution in [0.15, 0.2) is 36.4 Å². The van der Waals surface area contributed by atoms with Gasteiger partial charge in [0.2, 0.25) is 0 Å². The van der Waals surface area contributed by atoms with Crippen molar-refractivity contribution in [2.24, 2.45) is 0 Å². The highest BCUT2D eigenvalue weighted by Gasteiger charge is 2.09. The Morgan fingerprint density at radius 2 is 1.71 bits per heavy atom. The quantitative estimate of drug-likeness (QED) is 0.640. The van der Waals surface area contributed by atoms with Crippen LogP contribution >= 0.6 is 22.6 Å². The van der Waals surface area contributed by atoms with Crippen molar-refractivity contribution in [2.45, 2.75) is 0 Å². The molecule has 0 unspecified atom stereocenters. The Kier molecular flexibility index (Phi) is 3.46. The molecule has 0 aliphatic rings. The van der Waals surface area contributed by atoms with Crippen molar-refractivity contribution in [1.29, 1.82) is 0 Å². The van der Waals surface area contributed by atoms with Crippen molar-refractivity contribution in [3.8, 4) is 0 Å². The minimum atomic E-state index is -0.650. The van der Waals surface area contributed by atoms with E-state index >= 15 is 0 Å². The Balaban J connectivity index is 2.38. The van der Waals surface area contributed by atoms with Gasteiger partial charge in [0.1, 0.15) is 17.3 Å². The summed E-state index contributed by atoms with van der Waals surface area (Å²) in [6.45, 7) is 0. The van der Waals surface area contributed by atoms with E-state index in [9.17, 15) is 8.78 Å². The Morgan fingerprint density at radius 3 is 2.29 bits per heavy atom. The molecule has 5 heteroatoms. The average Bonchev–Trinajstić information content (AvgIpc) is 2.26.